The third-order valence-corrected chi connectivity index (χ3v) is 4.66. The SMILES string of the molecule is O=C(O)CCCCCCCCCCCCCNC(=O)Nc1ccc(C(F)(F)F)nc1. The van der Waals surface area contributed by atoms with Crippen molar-refractivity contribution in [3.63, 3.8) is 0 Å². The van der Waals surface area contributed by atoms with Crippen molar-refractivity contribution in [2.45, 2.75) is 83.2 Å². The Morgan fingerprint density at radius 1 is 0.867 bits per heavy atom. The second kappa shape index (κ2) is 14.6. The number of halogens is 3. The fraction of sp³-hybridized carbons (Fsp3) is 0.667. The first-order chi connectivity index (χ1) is 14.3. The van der Waals surface area contributed by atoms with E-state index in [1.54, 1.807) is 0 Å². The molecule has 0 aromatic carbocycles. The van der Waals surface area contributed by atoms with Crippen LogP contribution in [0.3, 0.4) is 0 Å². The van der Waals surface area contributed by atoms with Crippen LogP contribution in [0.25, 0.3) is 0 Å². The van der Waals surface area contributed by atoms with Crippen LogP contribution >= 0.6 is 0 Å². The number of carbonyl (C=O) groups is 2. The van der Waals surface area contributed by atoms with Gasteiger partial charge < -0.3 is 15.7 Å². The molecule has 0 aliphatic rings. The van der Waals surface area contributed by atoms with Gasteiger partial charge in [0.05, 0.1) is 11.9 Å². The Hall–Kier alpha value is -2.32. The quantitative estimate of drug-likeness (QED) is 0.298. The monoisotopic (exact) mass is 431 g/mol. The van der Waals surface area contributed by atoms with Crippen molar-refractivity contribution in [2.75, 3.05) is 11.9 Å². The van der Waals surface area contributed by atoms with E-state index in [0.717, 1.165) is 63.6 Å². The van der Waals surface area contributed by atoms with Crippen molar-refractivity contribution in [1.29, 1.82) is 0 Å². The fourth-order valence-corrected chi connectivity index (χ4v) is 3.00. The van der Waals surface area contributed by atoms with E-state index in [4.69, 9.17) is 5.11 Å². The molecule has 170 valence electrons. The third kappa shape index (κ3) is 13.0. The number of carboxylic acids is 1. The Balaban J connectivity index is 1.93. The van der Waals surface area contributed by atoms with Crippen LogP contribution in [0.1, 0.15) is 82.7 Å². The van der Waals surface area contributed by atoms with Gasteiger partial charge in [-0.05, 0) is 25.0 Å². The first-order valence-electron chi connectivity index (χ1n) is 10.6. The molecule has 0 bridgehead atoms. The van der Waals surface area contributed by atoms with Crippen LogP contribution in [0, 0.1) is 0 Å². The third-order valence-electron chi connectivity index (χ3n) is 4.66. The molecule has 0 saturated heterocycles. The van der Waals surface area contributed by atoms with Gasteiger partial charge in [0.2, 0.25) is 0 Å². The van der Waals surface area contributed by atoms with Crippen molar-refractivity contribution in [3.8, 4) is 0 Å². The predicted molar refractivity (Wildman–Crippen MR) is 109 cm³/mol. The zero-order valence-corrected chi connectivity index (χ0v) is 17.3. The van der Waals surface area contributed by atoms with E-state index in [1.807, 2.05) is 0 Å². The molecule has 0 fully saturated rings. The first-order valence-corrected chi connectivity index (χ1v) is 10.6. The van der Waals surface area contributed by atoms with Crippen LogP contribution in [-0.4, -0.2) is 28.6 Å². The number of anilines is 1. The highest BCUT2D eigenvalue weighted by Gasteiger charge is 2.32. The van der Waals surface area contributed by atoms with Crippen LogP contribution in [0.2, 0.25) is 0 Å². The molecule has 1 heterocycles. The van der Waals surface area contributed by atoms with E-state index in [-0.39, 0.29) is 12.1 Å². The molecule has 1 rings (SSSR count). The molecule has 1 aromatic heterocycles. The highest BCUT2D eigenvalue weighted by atomic mass is 19.4. The summed E-state index contributed by atoms with van der Waals surface area (Å²) in [6.45, 7) is 0.510. The molecule has 0 radical (unpaired) electrons. The number of urea groups is 1. The standard InChI is InChI=1S/C21H32F3N3O3/c22-21(23,24)18-14-13-17(16-26-18)27-20(30)25-15-11-9-7-5-3-1-2-4-6-8-10-12-19(28)29/h13-14,16H,1-12,15H2,(H,28,29)(H2,25,27,30). The van der Waals surface area contributed by atoms with E-state index >= 15 is 0 Å². The molecule has 0 aliphatic heterocycles. The van der Waals surface area contributed by atoms with Crippen LogP contribution in [0.4, 0.5) is 23.7 Å². The summed E-state index contributed by atoms with van der Waals surface area (Å²) < 4.78 is 37.3. The minimum absolute atomic E-state index is 0.211. The van der Waals surface area contributed by atoms with Crippen LogP contribution in [-0.2, 0) is 11.0 Å². The number of rotatable bonds is 15. The zero-order valence-electron chi connectivity index (χ0n) is 17.3. The number of nitrogens with one attached hydrogen (secondary N) is 2. The molecular formula is C21H32F3N3O3. The van der Waals surface area contributed by atoms with E-state index in [1.165, 1.54) is 25.3 Å². The van der Waals surface area contributed by atoms with Gasteiger partial charge >= 0.3 is 18.2 Å². The summed E-state index contributed by atoms with van der Waals surface area (Å²) in [4.78, 5) is 25.4. The van der Waals surface area contributed by atoms with Crippen molar-refractivity contribution < 1.29 is 27.9 Å². The second-order valence-electron chi connectivity index (χ2n) is 7.34. The molecule has 6 nitrogen and oxygen atoms in total. The van der Waals surface area contributed by atoms with Gasteiger partial charge in [-0.1, -0.05) is 57.8 Å². The highest BCUT2D eigenvalue weighted by Crippen LogP contribution is 2.27. The Morgan fingerprint density at radius 3 is 1.87 bits per heavy atom. The van der Waals surface area contributed by atoms with E-state index < -0.39 is 23.9 Å². The second-order valence-corrected chi connectivity index (χ2v) is 7.34. The van der Waals surface area contributed by atoms with Gasteiger partial charge in [-0.2, -0.15) is 13.2 Å². The normalized spacial score (nSPS) is 11.3. The molecule has 9 heteroatoms. The number of amides is 2. The average Bonchev–Trinajstić information content (AvgIpc) is 2.67. The Bertz CT molecular complexity index is 622. The number of carboxylic acid groups (broad SMARTS) is 1. The number of nitrogens with zero attached hydrogens (tertiary/aromatic N) is 1. The van der Waals surface area contributed by atoms with Crippen LogP contribution in [0.5, 0.6) is 0 Å². The summed E-state index contributed by atoms with van der Waals surface area (Å²) in [6, 6.07) is 1.54. The smallest absolute Gasteiger partial charge is 0.433 e. The molecule has 2 amide bonds. The molecular weight excluding hydrogens is 399 g/mol. The number of unbranched alkanes of at least 4 members (excludes halogenated alkanes) is 10. The number of aliphatic carboxylic acids is 1. The van der Waals surface area contributed by atoms with Gasteiger partial charge in [0.15, 0.2) is 0 Å². The maximum Gasteiger partial charge on any atom is 0.433 e. The summed E-state index contributed by atoms with van der Waals surface area (Å²) in [6.07, 6.45) is 8.46. The van der Waals surface area contributed by atoms with E-state index in [9.17, 15) is 22.8 Å². The van der Waals surface area contributed by atoms with Crippen LogP contribution < -0.4 is 10.6 Å². The minimum Gasteiger partial charge on any atom is -0.481 e. The van der Waals surface area contributed by atoms with Gasteiger partial charge in [-0.25, -0.2) is 9.78 Å². The number of alkyl halides is 3. The van der Waals surface area contributed by atoms with E-state index in [0.29, 0.717) is 6.54 Å². The first kappa shape index (κ1) is 25.7. The number of aromatic nitrogens is 1. The van der Waals surface area contributed by atoms with Gasteiger partial charge in [0.25, 0.3) is 0 Å². The topological polar surface area (TPSA) is 91.3 Å². The Kier molecular flexibility index (Phi) is 12.5. The summed E-state index contributed by atoms with van der Waals surface area (Å²) in [5, 5.41) is 13.7. The van der Waals surface area contributed by atoms with Gasteiger partial charge in [-0.15, -0.1) is 0 Å². The maximum absolute atomic E-state index is 12.4. The fourth-order valence-electron chi connectivity index (χ4n) is 3.00. The van der Waals surface area contributed by atoms with Crippen LogP contribution in [0.15, 0.2) is 18.3 Å². The molecule has 0 saturated carbocycles. The molecule has 0 atom stereocenters. The van der Waals surface area contributed by atoms with Crippen molar-refractivity contribution in [2.24, 2.45) is 0 Å². The van der Waals surface area contributed by atoms with Crippen molar-refractivity contribution in [1.82, 2.24) is 10.3 Å². The lowest BCUT2D eigenvalue weighted by molar-refractivity contribution is -0.141. The number of hydrogen-bond acceptors (Lipinski definition) is 3. The van der Waals surface area contributed by atoms with Crippen molar-refractivity contribution >= 4 is 17.7 Å². The van der Waals surface area contributed by atoms with Gasteiger partial charge in [-0.3, -0.25) is 4.79 Å². The lowest BCUT2D eigenvalue weighted by atomic mass is 10.1. The number of carbonyl (C=O) groups excluding carboxylic acids is 1. The highest BCUT2D eigenvalue weighted by molar-refractivity contribution is 5.88. The summed E-state index contributed by atoms with van der Waals surface area (Å²) in [7, 11) is 0. The largest absolute Gasteiger partial charge is 0.481 e. The number of hydrogen-bond donors (Lipinski definition) is 3. The number of pyridine rings is 1. The molecule has 3 N–H and O–H groups in total. The average molecular weight is 431 g/mol. The molecule has 0 aliphatic carbocycles. The Morgan fingerprint density at radius 2 is 1.40 bits per heavy atom. The Labute approximate surface area is 175 Å². The maximum atomic E-state index is 12.4. The molecule has 1 aromatic rings. The lowest BCUT2D eigenvalue weighted by Crippen LogP contribution is -2.29. The summed E-state index contributed by atoms with van der Waals surface area (Å²) in [5.74, 6) is -0.720. The predicted octanol–water partition coefficient (Wildman–Crippen LogP) is 5.99. The zero-order chi connectivity index (χ0) is 22.2. The van der Waals surface area contributed by atoms with Gasteiger partial charge in [0.1, 0.15) is 5.69 Å². The lowest BCUT2D eigenvalue weighted by Gasteiger charge is -2.09. The molecule has 0 unspecified atom stereocenters. The summed E-state index contributed by atoms with van der Waals surface area (Å²) in [5.41, 5.74) is -0.786. The molecule has 30 heavy (non-hydrogen) atoms. The minimum atomic E-state index is -4.50. The van der Waals surface area contributed by atoms with Gasteiger partial charge in [0, 0.05) is 13.0 Å². The molecule has 0 spiro atoms. The summed E-state index contributed by atoms with van der Waals surface area (Å²) >= 11 is 0. The van der Waals surface area contributed by atoms with E-state index in [2.05, 4.69) is 15.6 Å². The van der Waals surface area contributed by atoms with Crippen molar-refractivity contribution in [3.05, 3.63) is 24.0 Å².